The Morgan fingerprint density at radius 2 is 2.20 bits per heavy atom. The number of benzene rings is 1. The number of nitrogens with one attached hydrogen (secondary N) is 1. The molecule has 0 aromatic heterocycles. The number of thioether (sulfide) groups is 1. The van der Waals surface area contributed by atoms with Gasteiger partial charge in [-0.2, -0.15) is 0 Å². The summed E-state index contributed by atoms with van der Waals surface area (Å²) in [4.78, 5) is 23.0. The molecule has 1 unspecified atom stereocenters. The van der Waals surface area contributed by atoms with Gasteiger partial charge >= 0.3 is 5.97 Å². The standard InChI is InChI=1S/C10H9NO3S/c12-9-5-8(10(13)14)15-7-4-2-1-3-6(7)11-9/h1-4,8H,5H2,(H,11,12)(H,13,14). The molecule has 5 heteroatoms. The van der Waals surface area contributed by atoms with E-state index in [1.165, 1.54) is 11.8 Å². The van der Waals surface area contributed by atoms with Crippen LogP contribution in [0.25, 0.3) is 0 Å². The average Bonchev–Trinajstić information content (AvgIpc) is 2.35. The molecule has 1 aromatic rings. The maximum absolute atomic E-state index is 11.4. The maximum Gasteiger partial charge on any atom is 0.317 e. The zero-order chi connectivity index (χ0) is 10.8. The first kappa shape index (κ1) is 10.0. The van der Waals surface area contributed by atoms with Crippen molar-refractivity contribution < 1.29 is 14.7 Å². The Labute approximate surface area is 90.7 Å². The number of anilines is 1. The van der Waals surface area contributed by atoms with Gasteiger partial charge in [-0.1, -0.05) is 12.1 Å². The minimum absolute atomic E-state index is 0.00861. The number of hydrogen-bond acceptors (Lipinski definition) is 3. The Balaban J connectivity index is 2.35. The Kier molecular flexibility index (Phi) is 2.64. The van der Waals surface area contributed by atoms with Crippen LogP contribution in [0.5, 0.6) is 0 Å². The lowest BCUT2D eigenvalue weighted by Gasteiger charge is -2.06. The molecule has 0 fully saturated rings. The summed E-state index contributed by atoms with van der Waals surface area (Å²) in [6, 6.07) is 7.20. The average molecular weight is 223 g/mol. The van der Waals surface area contributed by atoms with Gasteiger partial charge in [0.15, 0.2) is 0 Å². The number of amides is 1. The summed E-state index contributed by atoms with van der Waals surface area (Å²) in [5.74, 6) is -1.20. The normalized spacial score (nSPS) is 20.0. The SMILES string of the molecule is O=C1CC(C(=O)O)Sc2ccccc2N1. The minimum Gasteiger partial charge on any atom is -0.480 e. The Bertz CT molecular complexity index is 419. The number of carboxylic acids is 1. The summed E-state index contributed by atoms with van der Waals surface area (Å²) < 4.78 is 0. The van der Waals surface area contributed by atoms with E-state index in [0.29, 0.717) is 5.69 Å². The van der Waals surface area contributed by atoms with Gasteiger partial charge < -0.3 is 10.4 Å². The van der Waals surface area contributed by atoms with Crippen molar-refractivity contribution in [3.8, 4) is 0 Å². The van der Waals surface area contributed by atoms with E-state index in [2.05, 4.69) is 5.32 Å². The molecule has 4 nitrogen and oxygen atoms in total. The third-order valence-electron chi connectivity index (χ3n) is 2.08. The molecule has 0 saturated carbocycles. The lowest BCUT2D eigenvalue weighted by Crippen LogP contribution is -2.21. The summed E-state index contributed by atoms with van der Waals surface area (Å²) in [5, 5.41) is 10.9. The number of hydrogen-bond donors (Lipinski definition) is 2. The number of para-hydroxylation sites is 1. The van der Waals surface area contributed by atoms with Gasteiger partial charge in [0.05, 0.1) is 5.69 Å². The van der Waals surface area contributed by atoms with Crippen LogP contribution in [0.3, 0.4) is 0 Å². The summed E-state index contributed by atoms with van der Waals surface area (Å²) in [6.07, 6.45) is 0.00861. The molecule has 1 heterocycles. The van der Waals surface area contributed by atoms with Crippen molar-refractivity contribution >= 4 is 29.3 Å². The fourth-order valence-electron chi connectivity index (χ4n) is 1.37. The van der Waals surface area contributed by atoms with E-state index in [9.17, 15) is 9.59 Å². The van der Waals surface area contributed by atoms with Gasteiger partial charge in [-0.3, -0.25) is 9.59 Å². The van der Waals surface area contributed by atoms with E-state index in [1.807, 2.05) is 12.1 Å². The smallest absolute Gasteiger partial charge is 0.317 e. The minimum atomic E-state index is -0.952. The van der Waals surface area contributed by atoms with Gasteiger partial charge in [-0.05, 0) is 12.1 Å². The molecular weight excluding hydrogens is 214 g/mol. The lowest BCUT2D eigenvalue weighted by atomic mass is 10.2. The van der Waals surface area contributed by atoms with Crippen molar-refractivity contribution in [3.63, 3.8) is 0 Å². The highest BCUT2D eigenvalue weighted by Crippen LogP contribution is 2.34. The second-order valence-electron chi connectivity index (χ2n) is 3.19. The number of carbonyl (C=O) groups excluding carboxylic acids is 1. The molecule has 0 aliphatic carbocycles. The van der Waals surface area contributed by atoms with Crippen molar-refractivity contribution in [1.29, 1.82) is 0 Å². The van der Waals surface area contributed by atoms with E-state index < -0.39 is 11.2 Å². The van der Waals surface area contributed by atoms with Gasteiger partial charge in [-0.25, -0.2) is 0 Å². The lowest BCUT2D eigenvalue weighted by molar-refractivity contribution is -0.137. The van der Waals surface area contributed by atoms with Crippen molar-refractivity contribution in [1.82, 2.24) is 0 Å². The number of carboxylic acid groups (broad SMARTS) is 1. The summed E-state index contributed by atoms with van der Waals surface area (Å²) in [5.41, 5.74) is 0.691. The second-order valence-corrected chi connectivity index (χ2v) is 4.44. The molecule has 1 aromatic carbocycles. The van der Waals surface area contributed by atoms with Crippen LogP contribution in [-0.2, 0) is 9.59 Å². The van der Waals surface area contributed by atoms with Gasteiger partial charge in [0.1, 0.15) is 5.25 Å². The molecule has 1 atom stereocenters. The molecule has 78 valence electrons. The predicted molar refractivity (Wildman–Crippen MR) is 57.0 cm³/mol. The molecule has 1 amide bonds. The van der Waals surface area contributed by atoms with Crippen LogP contribution in [0.4, 0.5) is 5.69 Å². The molecule has 0 radical (unpaired) electrons. The van der Waals surface area contributed by atoms with Crippen LogP contribution in [-0.4, -0.2) is 22.2 Å². The Morgan fingerprint density at radius 1 is 1.47 bits per heavy atom. The number of fused-ring (bicyclic) bond motifs is 1. The van der Waals surface area contributed by atoms with Crippen LogP contribution in [0.1, 0.15) is 6.42 Å². The van der Waals surface area contributed by atoms with E-state index in [0.717, 1.165) is 4.90 Å². The van der Waals surface area contributed by atoms with Gasteiger partial charge in [-0.15, -0.1) is 11.8 Å². The van der Waals surface area contributed by atoms with Crippen LogP contribution >= 0.6 is 11.8 Å². The van der Waals surface area contributed by atoms with E-state index >= 15 is 0 Å². The van der Waals surface area contributed by atoms with Gasteiger partial charge in [0, 0.05) is 11.3 Å². The zero-order valence-corrected chi connectivity index (χ0v) is 8.58. The molecule has 0 spiro atoms. The number of aliphatic carboxylic acids is 1. The van der Waals surface area contributed by atoms with Crippen molar-refractivity contribution in [3.05, 3.63) is 24.3 Å². The summed E-state index contributed by atoms with van der Waals surface area (Å²) >= 11 is 1.21. The van der Waals surface area contributed by atoms with Crippen LogP contribution in [0.15, 0.2) is 29.2 Å². The second kappa shape index (κ2) is 3.94. The fraction of sp³-hybridized carbons (Fsp3) is 0.200. The third-order valence-corrected chi connectivity index (χ3v) is 3.34. The molecule has 2 N–H and O–H groups in total. The van der Waals surface area contributed by atoms with Crippen molar-refractivity contribution in [2.75, 3.05) is 5.32 Å². The van der Waals surface area contributed by atoms with Gasteiger partial charge in [0.2, 0.25) is 5.91 Å². The zero-order valence-electron chi connectivity index (χ0n) is 7.77. The van der Waals surface area contributed by atoms with Crippen molar-refractivity contribution in [2.24, 2.45) is 0 Å². The quantitative estimate of drug-likeness (QED) is 0.758. The molecule has 0 saturated heterocycles. The first-order valence-corrected chi connectivity index (χ1v) is 5.33. The Morgan fingerprint density at radius 3 is 2.93 bits per heavy atom. The molecule has 0 bridgehead atoms. The highest BCUT2D eigenvalue weighted by atomic mass is 32.2. The highest BCUT2D eigenvalue weighted by molar-refractivity contribution is 8.00. The van der Waals surface area contributed by atoms with Crippen LogP contribution < -0.4 is 5.32 Å². The first-order valence-electron chi connectivity index (χ1n) is 4.45. The fourth-order valence-corrected chi connectivity index (χ4v) is 2.42. The van der Waals surface area contributed by atoms with E-state index in [4.69, 9.17) is 5.11 Å². The molecule has 2 rings (SSSR count). The number of carbonyl (C=O) groups is 2. The third kappa shape index (κ3) is 2.12. The topological polar surface area (TPSA) is 66.4 Å². The highest BCUT2D eigenvalue weighted by Gasteiger charge is 2.26. The maximum atomic E-state index is 11.4. The largest absolute Gasteiger partial charge is 0.480 e. The predicted octanol–water partition coefficient (Wildman–Crippen LogP) is 1.57. The molecule has 1 aliphatic rings. The first-order chi connectivity index (χ1) is 7.16. The van der Waals surface area contributed by atoms with E-state index in [-0.39, 0.29) is 12.3 Å². The van der Waals surface area contributed by atoms with Gasteiger partial charge in [0.25, 0.3) is 0 Å². The molecule has 1 aliphatic heterocycles. The van der Waals surface area contributed by atoms with E-state index in [1.54, 1.807) is 12.1 Å². The molecular formula is C10H9NO3S. The Hall–Kier alpha value is -1.49. The molecule has 15 heavy (non-hydrogen) atoms. The summed E-state index contributed by atoms with van der Waals surface area (Å²) in [6.45, 7) is 0. The van der Waals surface area contributed by atoms with Crippen LogP contribution in [0, 0.1) is 0 Å². The monoisotopic (exact) mass is 223 g/mol. The summed E-state index contributed by atoms with van der Waals surface area (Å²) in [7, 11) is 0. The number of rotatable bonds is 1. The van der Waals surface area contributed by atoms with Crippen molar-refractivity contribution in [2.45, 2.75) is 16.6 Å². The van der Waals surface area contributed by atoms with Crippen LogP contribution in [0.2, 0.25) is 0 Å².